The molecule has 0 atom stereocenters. The van der Waals surface area contributed by atoms with Crippen molar-refractivity contribution in [3.05, 3.63) is 23.8 Å². The number of hydrogen-bond acceptors (Lipinski definition) is 4. The molecule has 0 bridgehead atoms. The Kier molecular flexibility index (Phi) is 7.22. The molecule has 0 radical (unpaired) electrons. The SMILES string of the molecule is COCCNCCCc1cc(OC)cc(OC)c1. The van der Waals surface area contributed by atoms with Crippen molar-refractivity contribution >= 4 is 0 Å². The second kappa shape index (κ2) is 8.78. The second-order valence-corrected chi connectivity index (χ2v) is 4.07. The zero-order chi connectivity index (χ0) is 13.2. The number of ether oxygens (including phenoxy) is 3. The lowest BCUT2D eigenvalue weighted by Gasteiger charge is -2.09. The number of benzene rings is 1. The first-order valence-electron chi connectivity index (χ1n) is 6.21. The lowest BCUT2D eigenvalue weighted by atomic mass is 10.1. The van der Waals surface area contributed by atoms with E-state index >= 15 is 0 Å². The first-order valence-corrected chi connectivity index (χ1v) is 6.21. The third kappa shape index (κ3) is 5.38. The Morgan fingerprint density at radius 1 is 0.944 bits per heavy atom. The number of rotatable bonds is 9. The average molecular weight is 253 g/mol. The fourth-order valence-electron chi connectivity index (χ4n) is 1.73. The summed E-state index contributed by atoms with van der Waals surface area (Å²) in [5.74, 6) is 1.69. The Balaban J connectivity index is 2.36. The van der Waals surface area contributed by atoms with Gasteiger partial charge in [0.15, 0.2) is 0 Å². The van der Waals surface area contributed by atoms with E-state index in [1.807, 2.05) is 6.07 Å². The largest absolute Gasteiger partial charge is 0.497 e. The van der Waals surface area contributed by atoms with Crippen LogP contribution in [0.1, 0.15) is 12.0 Å². The van der Waals surface area contributed by atoms with E-state index in [1.165, 1.54) is 5.56 Å². The monoisotopic (exact) mass is 253 g/mol. The third-order valence-electron chi connectivity index (χ3n) is 2.71. The van der Waals surface area contributed by atoms with Crippen molar-refractivity contribution in [3.63, 3.8) is 0 Å². The molecule has 0 fully saturated rings. The van der Waals surface area contributed by atoms with Crippen LogP contribution in [0.2, 0.25) is 0 Å². The van der Waals surface area contributed by atoms with E-state index < -0.39 is 0 Å². The first kappa shape index (κ1) is 14.8. The van der Waals surface area contributed by atoms with Crippen LogP contribution in [-0.4, -0.2) is 41.0 Å². The Labute approximate surface area is 109 Å². The van der Waals surface area contributed by atoms with Crippen LogP contribution >= 0.6 is 0 Å². The van der Waals surface area contributed by atoms with E-state index in [4.69, 9.17) is 14.2 Å². The Morgan fingerprint density at radius 3 is 2.17 bits per heavy atom. The van der Waals surface area contributed by atoms with Crippen LogP contribution in [0.15, 0.2) is 18.2 Å². The summed E-state index contributed by atoms with van der Waals surface area (Å²) in [6.07, 6.45) is 2.09. The van der Waals surface area contributed by atoms with Crippen molar-refractivity contribution in [2.45, 2.75) is 12.8 Å². The van der Waals surface area contributed by atoms with Gasteiger partial charge in [-0.1, -0.05) is 0 Å². The highest BCUT2D eigenvalue weighted by atomic mass is 16.5. The van der Waals surface area contributed by atoms with Gasteiger partial charge in [0, 0.05) is 19.7 Å². The molecule has 4 nitrogen and oxygen atoms in total. The van der Waals surface area contributed by atoms with Crippen LogP contribution in [0.5, 0.6) is 11.5 Å². The normalized spacial score (nSPS) is 10.4. The topological polar surface area (TPSA) is 39.7 Å². The summed E-state index contributed by atoms with van der Waals surface area (Å²) in [6.45, 7) is 2.65. The van der Waals surface area contributed by atoms with Crippen molar-refractivity contribution in [2.24, 2.45) is 0 Å². The summed E-state index contributed by atoms with van der Waals surface area (Å²) in [5, 5.41) is 3.33. The molecule has 0 aliphatic carbocycles. The van der Waals surface area contributed by atoms with E-state index in [0.29, 0.717) is 0 Å². The molecule has 4 heteroatoms. The number of methoxy groups -OCH3 is 3. The molecule has 0 aliphatic heterocycles. The minimum atomic E-state index is 0.757. The summed E-state index contributed by atoms with van der Waals surface area (Å²) in [6, 6.07) is 6.00. The van der Waals surface area contributed by atoms with E-state index in [9.17, 15) is 0 Å². The van der Waals surface area contributed by atoms with Gasteiger partial charge in [0.05, 0.1) is 20.8 Å². The van der Waals surface area contributed by atoms with Gasteiger partial charge in [-0.05, 0) is 37.1 Å². The molecule has 1 aromatic rings. The third-order valence-corrected chi connectivity index (χ3v) is 2.71. The van der Waals surface area contributed by atoms with E-state index in [1.54, 1.807) is 21.3 Å². The lowest BCUT2D eigenvalue weighted by molar-refractivity contribution is 0.199. The summed E-state index contributed by atoms with van der Waals surface area (Å²) in [5.41, 5.74) is 1.24. The van der Waals surface area contributed by atoms with Gasteiger partial charge in [-0.25, -0.2) is 0 Å². The van der Waals surface area contributed by atoms with Gasteiger partial charge >= 0.3 is 0 Å². The first-order chi connectivity index (χ1) is 8.80. The highest BCUT2D eigenvalue weighted by molar-refractivity contribution is 5.38. The molecule has 0 aliphatic rings. The summed E-state index contributed by atoms with van der Waals surface area (Å²) in [7, 11) is 5.06. The van der Waals surface area contributed by atoms with Gasteiger partial charge in [-0.2, -0.15) is 0 Å². The Morgan fingerprint density at radius 2 is 1.61 bits per heavy atom. The Hall–Kier alpha value is -1.26. The maximum absolute atomic E-state index is 5.24. The zero-order valence-corrected chi connectivity index (χ0v) is 11.5. The van der Waals surface area contributed by atoms with Crippen LogP contribution in [-0.2, 0) is 11.2 Å². The number of aryl methyl sites for hydroxylation is 1. The molecule has 0 heterocycles. The van der Waals surface area contributed by atoms with Gasteiger partial charge in [-0.15, -0.1) is 0 Å². The van der Waals surface area contributed by atoms with Gasteiger partial charge < -0.3 is 19.5 Å². The second-order valence-electron chi connectivity index (χ2n) is 4.07. The molecule has 0 aromatic heterocycles. The van der Waals surface area contributed by atoms with Gasteiger partial charge in [0.1, 0.15) is 11.5 Å². The lowest BCUT2D eigenvalue weighted by Crippen LogP contribution is -2.20. The molecule has 1 rings (SSSR count). The van der Waals surface area contributed by atoms with Crippen LogP contribution in [0.3, 0.4) is 0 Å². The highest BCUT2D eigenvalue weighted by Gasteiger charge is 2.01. The maximum atomic E-state index is 5.24. The smallest absolute Gasteiger partial charge is 0.122 e. The van der Waals surface area contributed by atoms with Gasteiger partial charge in [-0.3, -0.25) is 0 Å². The van der Waals surface area contributed by atoms with Crippen LogP contribution in [0.4, 0.5) is 0 Å². The van der Waals surface area contributed by atoms with Crippen molar-refractivity contribution in [2.75, 3.05) is 41.0 Å². The van der Waals surface area contributed by atoms with Crippen molar-refractivity contribution < 1.29 is 14.2 Å². The highest BCUT2D eigenvalue weighted by Crippen LogP contribution is 2.23. The number of hydrogen-bond donors (Lipinski definition) is 1. The van der Waals surface area contributed by atoms with Crippen LogP contribution in [0.25, 0.3) is 0 Å². The van der Waals surface area contributed by atoms with Crippen LogP contribution in [0, 0.1) is 0 Å². The predicted octanol–water partition coefficient (Wildman–Crippen LogP) is 1.87. The summed E-state index contributed by atoms with van der Waals surface area (Å²) < 4.78 is 15.5. The van der Waals surface area contributed by atoms with E-state index in [-0.39, 0.29) is 0 Å². The van der Waals surface area contributed by atoms with E-state index in [2.05, 4.69) is 17.4 Å². The molecule has 1 N–H and O–H groups in total. The fraction of sp³-hybridized carbons (Fsp3) is 0.571. The minimum Gasteiger partial charge on any atom is -0.497 e. The summed E-state index contributed by atoms with van der Waals surface area (Å²) in [4.78, 5) is 0. The predicted molar refractivity (Wildman–Crippen MR) is 72.6 cm³/mol. The molecule has 0 saturated carbocycles. The average Bonchev–Trinajstić information content (AvgIpc) is 2.42. The molecule has 18 heavy (non-hydrogen) atoms. The maximum Gasteiger partial charge on any atom is 0.122 e. The molecular weight excluding hydrogens is 230 g/mol. The van der Waals surface area contributed by atoms with Crippen molar-refractivity contribution in [3.8, 4) is 11.5 Å². The molecule has 0 spiro atoms. The number of nitrogens with one attached hydrogen (secondary N) is 1. The summed E-state index contributed by atoms with van der Waals surface area (Å²) >= 11 is 0. The molecule has 0 saturated heterocycles. The Bertz CT molecular complexity index is 320. The van der Waals surface area contributed by atoms with E-state index in [0.717, 1.165) is 44.0 Å². The minimum absolute atomic E-state index is 0.757. The van der Waals surface area contributed by atoms with Crippen LogP contribution < -0.4 is 14.8 Å². The molecular formula is C14H23NO3. The van der Waals surface area contributed by atoms with Gasteiger partial charge in [0.25, 0.3) is 0 Å². The molecule has 0 amide bonds. The molecule has 102 valence electrons. The molecule has 1 aromatic carbocycles. The standard InChI is InChI=1S/C14H23NO3/c1-16-8-7-15-6-4-5-12-9-13(17-2)11-14(10-12)18-3/h9-11,15H,4-8H2,1-3H3. The van der Waals surface area contributed by atoms with Crippen molar-refractivity contribution in [1.82, 2.24) is 5.32 Å². The molecule has 0 unspecified atom stereocenters. The van der Waals surface area contributed by atoms with Crippen molar-refractivity contribution in [1.29, 1.82) is 0 Å². The quantitative estimate of drug-likeness (QED) is 0.682. The zero-order valence-electron chi connectivity index (χ0n) is 11.5. The van der Waals surface area contributed by atoms with Gasteiger partial charge in [0.2, 0.25) is 0 Å². The fourth-order valence-corrected chi connectivity index (χ4v) is 1.73.